The number of amides is 2. The van der Waals surface area contributed by atoms with Crippen LogP contribution < -0.4 is 10.6 Å². The zero-order valence-corrected chi connectivity index (χ0v) is 20.1. The Morgan fingerprint density at radius 3 is 2.29 bits per heavy atom. The van der Waals surface area contributed by atoms with E-state index in [0.717, 1.165) is 11.1 Å². The molecule has 2 aliphatic carbocycles. The van der Waals surface area contributed by atoms with Gasteiger partial charge in [0.1, 0.15) is 12.6 Å². The summed E-state index contributed by atoms with van der Waals surface area (Å²) < 4.78 is 5.62. The maximum Gasteiger partial charge on any atom is 0.407 e. The smallest absolute Gasteiger partial charge is 0.407 e. The molecule has 2 aromatic rings. The van der Waals surface area contributed by atoms with Gasteiger partial charge in [-0.15, -0.1) is 0 Å². The van der Waals surface area contributed by atoms with Crippen molar-refractivity contribution in [2.75, 3.05) is 6.61 Å². The van der Waals surface area contributed by atoms with E-state index >= 15 is 0 Å². The van der Waals surface area contributed by atoms with Crippen LogP contribution in [-0.4, -0.2) is 41.8 Å². The summed E-state index contributed by atoms with van der Waals surface area (Å²) in [5.74, 6) is -1.95. The minimum Gasteiger partial charge on any atom is -0.480 e. The fourth-order valence-electron chi connectivity index (χ4n) is 4.96. The molecule has 2 aromatic carbocycles. The zero-order chi connectivity index (χ0) is 24.9. The molecule has 0 aromatic heterocycles. The van der Waals surface area contributed by atoms with Crippen LogP contribution in [0.15, 0.2) is 60.7 Å². The second kappa shape index (κ2) is 10.8. The first-order chi connectivity index (χ1) is 16.9. The molecule has 0 saturated carbocycles. The number of rotatable bonds is 8. The standard InChI is InChI=1S/C28H32N2O5/c1-3-17(2)25(27(32)33)30-26(31)18-9-8-10-19(15-18)29-28(34)35-16-24-22-13-6-4-11-20(22)21-12-5-7-14-23(21)24/h4-8,10-14,17-19,24-25H,3,9,15-16H2,1-2H3,(H,29,34)(H,30,31)(H,32,33). The highest BCUT2D eigenvalue weighted by molar-refractivity contribution is 5.85. The number of carbonyl (C=O) groups is 3. The van der Waals surface area contributed by atoms with Crippen molar-refractivity contribution in [1.82, 2.24) is 10.6 Å². The molecule has 0 bridgehead atoms. The molecule has 0 radical (unpaired) electrons. The summed E-state index contributed by atoms with van der Waals surface area (Å²) in [6.07, 6.45) is 4.70. The summed E-state index contributed by atoms with van der Waals surface area (Å²) in [5, 5.41) is 15.0. The van der Waals surface area contributed by atoms with E-state index in [9.17, 15) is 19.5 Å². The van der Waals surface area contributed by atoms with Crippen LogP contribution in [0.5, 0.6) is 0 Å². The molecule has 0 heterocycles. The molecule has 0 spiro atoms. The third kappa shape index (κ3) is 5.39. The Kier molecular flexibility index (Phi) is 7.54. The third-order valence-corrected chi connectivity index (χ3v) is 7.12. The SMILES string of the molecule is CCC(C)C(NC(=O)C1CC=CC(NC(=O)OCC2c3ccccc3-c3ccccc32)C1)C(=O)O. The minimum atomic E-state index is -1.03. The third-order valence-electron chi connectivity index (χ3n) is 7.12. The van der Waals surface area contributed by atoms with E-state index in [1.54, 1.807) is 6.92 Å². The molecule has 0 saturated heterocycles. The highest BCUT2D eigenvalue weighted by Gasteiger charge is 2.32. The van der Waals surface area contributed by atoms with E-state index in [2.05, 4.69) is 34.9 Å². The Labute approximate surface area is 205 Å². The van der Waals surface area contributed by atoms with Gasteiger partial charge in [-0.1, -0.05) is 81.0 Å². The number of nitrogens with one attached hydrogen (secondary N) is 2. The van der Waals surface area contributed by atoms with Gasteiger partial charge in [-0.25, -0.2) is 9.59 Å². The summed E-state index contributed by atoms with van der Waals surface area (Å²) in [4.78, 5) is 36.9. The lowest BCUT2D eigenvalue weighted by molar-refractivity contribution is -0.144. The van der Waals surface area contributed by atoms with Gasteiger partial charge in [-0.05, 0) is 41.0 Å². The lowest BCUT2D eigenvalue weighted by Crippen LogP contribution is -2.48. The van der Waals surface area contributed by atoms with Crippen molar-refractivity contribution in [3.05, 3.63) is 71.8 Å². The topological polar surface area (TPSA) is 105 Å². The number of ether oxygens (including phenoxy) is 1. The van der Waals surface area contributed by atoms with Crippen molar-refractivity contribution in [2.45, 2.75) is 51.1 Å². The Bertz CT molecular complexity index is 1080. The van der Waals surface area contributed by atoms with Crippen molar-refractivity contribution < 1.29 is 24.2 Å². The van der Waals surface area contributed by atoms with E-state index in [4.69, 9.17) is 4.74 Å². The van der Waals surface area contributed by atoms with Crippen LogP contribution in [0.1, 0.15) is 50.2 Å². The van der Waals surface area contributed by atoms with Gasteiger partial charge in [-0.2, -0.15) is 0 Å². The number of hydrogen-bond acceptors (Lipinski definition) is 4. The molecular weight excluding hydrogens is 444 g/mol. The fourth-order valence-corrected chi connectivity index (χ4v) is 4.96. The van der Waals surface area contributed by atoms with Crippen molar-refractivity contribution in [2.24, 2.45) is 11.8 Å². The number of carboxylic acids is 1. The van der Waals surface area contributed by atoms with Crippen molar-refractivity contribution in [1.29, 1.82) is 0 Å². The summed E-state index contributed by atoms with van der Waals surface area (Å²) in [7, 11) is 0. The van der Waals surface area contributed by atoms with E-state index < -0.39 is 24.0 Å². The first kappa shape index (κ1) is 24.5. The highest BCUT2D eigenvalue weighted by Crippen LogP contribution is 2.44. The molecule has 2 amide bonds. The number of carbonyl (C=O) groups excluding carboxylic acids is 2. The fraction of sp³-hybridized carbons (Fsp3) is 0.393. The van der Waals surface area contributed by atoms with E-state index in [0.29, 0.717) is 19.3 Å². The molecule has 0 fully saturated rings. The Morgan fingerprint density at radius 1 is 1.06 bits per heavy atom. The lowest BCUT2D eigenvalue weighted by atomic mass is 9.89. The summed E-state index contributed by atoms with van der Waals surface area (Å²) >= 11 is 0. The van der Waals surface area contributed by atoms with Gasteiger partial charge in [0.25, 0.3) is 0 Å². The number of aliphatic carboxylic acids is 1. The monoisotopic (exact) mass is 476 g/mol. The largest absolute Gasteiger partial charge is 0.480 e. The second-order valence-corrected chi connectivity index (χ2v) is 9.38. The normalized spacial score (nSPS) is 20.3. The molecule has 7 nitrogen and oxygen atoms in total. The van der Waals surface area contributed by atoms with Crippen molar-refractivity contribution in [3.63, 3.8) is 0 Å². The zero-order valence-electron chi connectivity index (χ0n) is 20.1. The van der Waals surface area contributed by atoms with Gasteiger partial charge < -0.3 is 20.5 Å². The summed E-state index contributed by atoms with van der Waals surface area (Å²) in [6.45, 7) is 3.92. The molecule has 2 aliphatic rings. The predicted molar refractivity (Wildman–Crippen MR) is 133 cm³/mol. The quantitative estimate of drug-likeness (QED) is 0.488. The number of allylic oxidation sites excluding steroid dienone is 1. The van der Waals surface area contributed by atoms with E-state index in [1.807, 2.05) is 43.3 Å². The van der Waals surface area contributed by atoms with E-state index in [1.165, 1.54) is 11.1 Å². The average Bonchev–Trinajstić information content (AvgIpc) is 3.19. The molecule has 3 N–H and O–H groups in total. The molecular formula is C28H32N2O5. The first-order valence-electron chi connectivity index (χ1n) is 12.2. The number of carboxylic acid groups (broad SMARTS) is 1. The van der Waals surface area contributed by atoms with Gasteiger partial charge in [-0.3, -0.25) is 4.79 Å². The summed E-state index contributed by atoms with van der Waals surface area (Å²) in [5.41, 5.74) is 4.62. The van der Waals surface area contributed by atoms with Crippen LogP contribution >= 0.6 is 0 Å². The molecule has 4 rings (SSSR count). The maximum absolute atomic E-state index is 12.7. The van der Waals surface area contributed by atoms with Gasteiger partial charge in [0.05, 0.1) is 6.04 Å². The number of benzene rings is 2. The molecule has 35 heavy (non-hydrogen) atoms. The van der Waals surface area contributed by atoms with Gasteiger partial charge in [0.2, 0.25) is 5.91 Å². The number of hydrogen-bond donors (Lipinski definition) is 3. The van der Waals surface area contributed by atoms with Gasteiger partial charge in [0, 0.05) is 11.8 Å². The van der Waals surface area contributed by atoms with Gasteiger partial charge in [0.15, 0.2) is 0 Å². The van der Waals surface area contributed by atoms with Crippen LogP contribution in [0, 0.1) is 11.8 Å². The van der Waals surface area contributed by atoms with E-state index in [-0.39, 0.29) is 30.4 Å². The number of alkyl carbamates (subject to hydrolysis) is 1. The van der Waals surface area contributed by atoms with Crippen molar-refractivity contribution in [3.8, 4) is 11.1 Å². The molecule has 184 valence electrons. The van der Waals surface area contributed by atoms with Crippen molar-refractivity contribution >= 4 is 18.0 Å². The van der Waals surface area contributed by atoms with Crippen LogP contribution in [0.2, 0.25) is 0 Å². The lowest BCUT2D eigenvalue weighted by Gasteiger charge is -2.27. The molecule has 4 atom stereocenters. The number of fused-ring (bicyclic) bond motifs is 3. The Balaban J connectivity index is 1.33. The van der Waals surface area contributed by atoms with Crippen LogP contribution in [-0.2, 0) is 14.3 Å². The van der Waals surface area contributed by atoms with Gasteiger partial charge >= 0.3 is 12.1 Å². The molecule has 7 heteroatoms. The van der Waals surface area contributed by atoms with Crippen LogP contribution in [0.25, 0.3) is 11.1 Å². The Morgan fingerprint density at radius 2 is 1.69 bits per heavy atom. The Hall–Kier alpha value is -3.61. The average molecular weight is 477 g/mol. The highest BCUT2D eigenvalue weighted by atomic mass is 16.5. The van der Waals surface area contributed by atoms with Crippen LogP contribution in [0.4, 0.5) is 4.79 Å². The first-order valence-corrected chi connectivity index (χ1v) is 12.2. The van der Waals surface area contributed by atoms with Crippen LogP contribution in [0.3, 0.4) is 0 Å². The second-order valence-electron chi connectivity index (χ2n) is 9.38. The predicted octanol–water partition coefficient (Wildman–Crippen LogP) is 4.48. The maximum atomic E-state index is 12.7. The molecule has 4 unspecified atom stereocenters. The molecule has 0 aliphatic heterocycles. The summed E-state index contributed by atoms with van der Waals surface area (Å²) in [6, 6.07) is 15.0. The minimum absolute atomic E-state index is 0.0259.